The van der Waals surface area contributed by atoms with Crippen molar-refractivity contribution >= 4 is 18.0 Å². The number of piperidine rings is 1. The van der Waals surface area contributed by atoms with Crippen LogP contribution in [0.25, 0.3) is 0 Å². The molecular weight excluding hydrogens is 340 g/mol. The standard InChI is InChI=1S/C20H26N6O/c1-14-10-19(26(22-13-21)24-23-14)18-6-3-9-25(12-18)20(27)17-8-7-15-4-2-5-16(15)11-17/h7-8,10-11,13,18,24H,2-6,9,12H2,1H3,(H2,21,22). The quantitative estimate of drug-likeness (QED) is 0.633. The third-order valence-corrected chi connectivity index (χ3v) is 5.58. The van der Waals surface area contributed by atoms with Crippen molar-refractivity contribution in [3.8, 4) is 0 Å². The van der Waals surface area contributed by atoms with E-state index in [2.05, 4.69) is 27.9 Å². The molecule has 3 aliphatic rings. The molecule has 1 saturated heterocycles. The van der Waals surface area contributed by atoms with E-state index in [0.29, 0.717) is 6.54 Å². The number of nitrogens with zero attached hydrogens (tertiary/aromatic N) is 4. The van der Waals surface area contributed by atoms with E-state index in [-0.39, 0.29) is 11.8 Å². The maximum absolute atomic E-state index is 13.1. The van der Waals surface area contributed by atoms with Crippen LogP contribution in [-0.2, 0) is 12.8 Å². The van der Waals surface area contributed by atoms with Crippen LogP contribution in [-0.4, -0.2) is 41.1 Å². The Hall–Kier alpha value is -2.83. The van der Waals surface area contributed by atoms with E-state index in [4.69, 9.17) is 5.73 Å². The van der Waals surface area contributed by atoms with Crippen molar-refractivity contribution in [2.45, 2.75) is 39.0 Å². The number of amides is 1. The number of carbonyl (C=O) groups excluding carboxylic acids is 1. The molecule has 2 aliphatic heterocycles. The van der Waals surface area contributed by atoms with Gasteiger partial charge in [-0.25, -0.2) is 0 Å². The molecule has 0 bridgehead atoms. The van der Waals surface area contributed by atoms with Crippen LogP contribution in [0.4, 0.5) is 0 Å². The number of hydrogen-bond donors (Lipinski definition) is 2. The number of fused-ring (bicyclic) bond motifs is 1. The zero-order chi connectivity index (χ0) is 18.8. The van der Waals surface area contributed by atoms with Crippen molar-refractivity contribution in [1.82, 2.24) is 15.6 Å². The van der Waals surface area contributed by atoms with Gasteiger partial charge in [-0.3, -0.25) is 4.79 Å². The summed E-state index contributed by atoms with van der Waals surface area (Å²) in [6, 6.07) is 6.21. The molecule has 1 amide bonds. The van der Waals surface area contributed by atoms with Gasteiger partial charge in [0.25, 0.3) is 5.91 Å². The SMILES string of the molecule is CC1=NNN(/N=C\N)C(C2CCCN(C(=O)c3ccc4c(c3)CCC4)C2)=C1. The summed E-state index contributed by atoms with van der Waals surface area (Å²) in [5.41, 5.74) is 13.8. The highest BCUT2D eigenvalue weighted by atomic mass is 16.2. The predicted octanol–water partition coefficient (Wildman–Crippen LogP) is 2.01. The monoisotopic (exact) mass is 366 g/mol. The Morgan fingerprint density at radius 3 is 3.04 bits per heavy atom. The smallest absolute Gasteiger partial charge is 0.253 e. The largest absolute Gasteiger partial charge is 0.388 e. The van der Waals surface area contributed by atoms with Crippen LogP contribution in [0.15, 0.2) is 40.2 Å². The van der Waals surface area contributed by atoms with Crippen LogP contribution < -0.4 is 11.3 Å². The van der Waals surface area contributed by atoms with Gasteiger partial charge in [0.2, 0.25) is 0 Å². The molecule has 0 aromatic heterocycles. The van der Waals surface area contributed by atoms with Gasteiger partial charge >= 0.3 is 0 Å². The van der Waals surface area contributed by atoms with E-state index < -0.39 is 0 Å². The minimum absolute atomic E-state index is 0.123. The average molecular weight is 366 g/mol. The second-order valence-corrected chi connectivity index (χ2v) is 7.43. The summed E-state index contributed by atoms with van der Waals surface area (Å²) in [4.78, 5) is 15.1. The molecule has 1 aliphatic carbocycles. The number of allylic oxidation sites excluding steroid dienone is 1. The maximum atomic E-state index is 13.1. The predicted molar refractivity (Wildman–Crippen MR) is 106 cm³/mol. The van der Waals surface area contributed by atoms with Crippen LogP contribution in [0.3, 0.4) is 0 Å². The Morgan fingerprint density at radius 1 is 1.33 bits per heavy atom. The minimum Gasteiger partial charge on any atom is -0.388 e. The van der Waals surface area contributed by atoms with Crippen molar-refractivity contribution in [1.29, 1.82) is 0 Å². The summed E-state index contributed by atoms with van der Waals surface area (Å²) in [5.74, 6) is 0.316. The van der Waals surface area contributed by atoms with Crippen molar-refractivity contribution in [3.63, 3.8) is 0 Å². The summed E-state index contributed by atoms with van der Waals surface area (Å²) in [6.45, 7) is 3.40. The molecule has 1 unspecified atom stereocenters. The van der Waals surface area contributed by atoms with E-state index in [1.165, 1.54) is 23.9 Å². The molecule has 0 saturated carbocycles. The Morgan fingerprint density at radius 2 is 2.19 bits per heavy atom. The van der Waals surface area contributed by atoms with Gasteiger partial charge in [-0.1, -0.05) is 6.07 Å². The number of benzene rings is 1. The normalized spacial score (nSPS) is 22.3. The lowest BCUT2D eigenvalue weighted by Crippen LogP contribution is -2.45. The lowest BCUT2D eigenvalue weighted by molar-refractivity contribution is 0.0665. The van der Waals surface area contributed by atoms with Gasteiger partial charge in [-0.05, 0) is 68.4 Å². The molecule has 2 heterocycles. The number of hydrogen-bond acceptors (Lipinski definition) is 5. The fourth-order valence-corrected chi connectivity index (χ4v) is 4.23. The molecular formula is C20H26N6O. The number of hydrazine groups is 1. The number of aryl methyl sites for hydroxylation is 2. The van der Waals surface area contributed by atoms with Gasteiger partial charge in [-0.15, -0.1) is 5.10 Å². The summed E-state index contributed by atoms with van der Waals surface area (Å²) in [5, 5.41) is 9.91. The van der Waals surface area contributed by atoms with E-state index in [1.54, 1.807) is 5.12 Å². The van der Waals surface area contributed by atoms with Gasteiger partial charge in [0.05, 0.1) is 11.4 Å². The zero-order valence-electron chi connectivity index (χ0n) is 15.7. The second-order valence-electron chi connectivity index (χ2n) is 7.43. The Balaban J connectivity index is 1.52. The van der Waals surface area contributed by atoms with Crippen molar-refractivity contribution in [3.05, 3.63) is 46.7 Å². The fourth-order valence-electron chi connectivity index (χ4n) is 4.23. The van der Waals surface area contributed by atoms with Crippen LogP contribution in [0.2, 0.25) is 0 Å². The summed E-state index contributed by atoms with van der Waals surface area (Å²) in [7, 11) is 0. The van der Waals surface area contributed by atoms with Gasteiger partial charge in [0.1, 0.15) is 6.34 Å². The molecule has 7 heteroatoms. The second kappa shape index (κ2) is 7.42. The fraction of sp³-hybridized carbons (Fsp3) is 0.450. The molecule has 7 nitrogen and oxygen atoms in total. The van der Waals surface area contributed by atoms with E-state index in [9.17, 15) is 4.79 Å². The first kappa shape index (κ1) is 17.6. The first-order valence-corrected chi connectivity index (χ1v) is 9.62. The third kappa shape index (κ3) is 3.54. The van der Waals surface area contributed by atoms with Gasteiger partial charge in [-0.2, -0.15) is 15.8 Å². The molecule has 0 spiro atoms. The molecule has 0 radical (unpaired) electrons. The van der Waals surface area contributed by atoms with Crippen molar-refractivity contribution in [2.24, 2.45) is 21.9 Å². The Kier molecular flexibility index (Phi) is 4.83. The van der Waals surface area contributed by atoms with Gasteiger partial charge < -0.3 is 10.6 Å². The number of nitrogens with one attached hydrogen (secondary N) is 1. The zero-order valence-corrected chi connectivity index (χ0v) is 15.7. The minimum atomic E-state index is 0.123. The average Bonchev–Trinajstić information content (AvgIpc) is 3.17. The molecule has 142 valence electrons. The van der Waals surface area contributed by atoms with Gasteiger partial charge in [0.15, 0.2) is 0 Å². The van der Waals surface area contributed by atoms with E-state index in [1.807, 2.05) is 24.0 Å². The molecule has 27 heavy (non-hydrogen) atoms. The topological polar surface area (TPSA) is 86.3 Å². The number of likely N-dealkylation sites (tertiary alicyclic amines) is 1. The van der Waals surface area contributed by atoms with Crippen molar-refractivity contribution < 1.29 is 4.79 Å². The van der Waals surface area contributed by atoms with Crippen molar-refractivity contribution in [2.75, 3.05) is 13.1 Å². The lowest BCUT2D eigenvalue weighted by atomic mass is 9.93. The number of hydrazone groups is 2. The highest BCUT2D eigenvalue weighted by Crippen LogP contribution is 2.29. The molecule has 4 rings (SSSR count). The summed E-state index contributed by atoms with van der Waals surface area (Å²) in [6.07, 6.45) is 8.64. The first-order valence-electron chi connectivity index (χ1n) is 9.62. The van der Waals surface area contributed by atoms with Crippen LogP contribution in [0, 0.1) is 5.92 Å². The number of rotatable bonds is 3. The lowest BCUT2D eigenvalue weighted by Gasteiger charge is -2.37. The summed E-state index contributed by atoms with van der Waals surface area (Å²) < 4.78 is 0. The highest BCUT2D eigenvalue weighted by molar-refractivity contribution is 5.95. The van der Waals surface area contributed by atoms with E-state index in [0.717, 1.165) is 49.2 Å². The molecule has 3 N–H and O–H groups in total. The van der Waals surface area contributed by atoms with Gasteiger partial charge in [0, 0.05) is 24.6 Å². The molecule has 1 fully saturated rings. The van der Waals surface area contributed by atoms with Crippen LogP contribution in [0.1, 0.15) is 47.7 Å². The van der Waals surface area contributed by atoms with Crippen LogP contribution >= 0.6 is 0 Å². The number of nitrogens with two attached hydrogens (primary N) is 1. The molecule has 1 atom stereocenters. The van der Waals surface area contributed by atoms with E-state index >= 15 is 0 Å². The summed E-state index contributed by atoms with van der Waals surface area (Å²) >= 11 is 0. The molecule has 1 aromatic carbocycles. The Bertz CT molecular complexity index is 828. The van der Waals surface area contributed by atoms with Crippen LogP contribution in [0.5, 0.6) is 0 Å². The maximum Gasteiger partial charge on any atom is 0.253 e. The molecule has 1 aromatic rings. The number of carbonyl (C=O) groups is 1. The first-order chi connectivity index (χ1) is 13.2. The third-order valence-electron chi connectivity index (χ3n) is 5.58. The Labute approximate surface area is 159 Å². The highest BCUT2D eigenvalue weighted by Gasteiger charge is 2.30.